The second-order valence-corrected chi connectivity index (χ2v) is 5.00. The lowest BCUT2D eigenvalue weighted by Crippen LogP contribution is -2.33. The number of hydrogen-bond donors (Lipinski definition) is 1. The van der Waals surface area contributed by atoms with Crippen molar-refractivity contribution in [2.45, 2.75) is 32.7 Å². The van der Waals surface area contributed by atoms with Crippen molar-refractivity contribution in [1.82, 2.24) is 10.3 Å². The average molecular weight is 254 g/mol. The SMILES string of the molecule is CCNC(Cc1ccncc1)Cc1ccc(C)cc1. The first-order valence-corrected chi connectivity index (χ1v) is 6.95. The summed E-state index contributed by atoms with van der Waals surface area (Å²) < 4.78 is 0. The number of aromatic nitrogens is 1. The molecule has 1 heterocycles. The molecule has 0 aliphatic rings. The Morgan fingerprint density at radius 2 is 1.53 bits per heavy atom. The number of likely N-dealkylation sites (N-methyl/N-ethyl adjacent to an activating group) is 1. The van der Waals surface area contributed by atoms with Gasteiger partial charge in [0.25, 0.3) is 0 Å². The Bertz CT molecular complexity index is 476. The first-order chi connectivity index (χ1) is 9.28. The first kappa shape index (κ1) is 13.8. The van der Waals surface area contributed by atoms with E-state index in [9.17, 15) is 0 Å². The molecule has 0 aliphatic heterocycles. The number of nitrogens with one attached hydrogen (secondary N) is 1. The van der Waals surface area contributed by atoms with Gasteiger partial charge in [-0.15, -0.1) is 0 Å². The normalized spacial score (nSPS) is 12.3. The van der Waals surface area contributed by atoms with Crippen molar-refractivity contribution in [3.63, 3.8) is 0 Å². The maximum Gasteiger partial charge on any atom is 0.0270 e. The fraction of sp³-hybridized carbons (Fsp3) is 0.353. The van der Waals surface area contributed by atoms with Crippen LogP contribution in [0.2, 0.25) is 0 Å². The Labute approximate surface area is 115 Å². The zero-order valence-corrected chi connectivity index (χ0v) is 11.8. The van der Waals surface area contributed by atoms with Crippen LogP contribution in [0.1, 0.15) is 23.6 Å². The fourth-order valence-electron chi connectivity index (χ4n) is 2.32. The van der Waals surface area contributed by atoms with Gasteiger partial charge in [0.2, 0.25) is 0 Å². The van der Waals surface area contributed by atoms with Crippen LogP contribution in [0.5, 0.6) is 0 Å². The summed E-state index contributed by atoms with van der Waals surface area (Å²) in [5.41, 5.74) is 4.05. The van der Waals surface area contributed by atoms with Crippen LogP contribution < -0.4 is 5.32 Å². The molecule has 19 heavy (non-hydrogen) atoms. The summed E-state index contributed by atoms with van der Waals surface area (Å²) in [6, 6.07) is 13.5. The van der Waals surface area contributed by atoms with Gasteiger partial charge in [-0.3, -0.25) is 4.98 Å². The summed E-state index contributed by atoms with van der Waals surface area (Å²) in [4.78, 5) is 4.07. The minimum absolute atomic E-state index is 0.482. The summed E-state index contributed by atoms with van der Waals surface area (Å²) in [7, 11) is 0. The van der Waals surface area contributed by atoms with Crippen LogP contribution >= 0.6 is 0 Å². The molecule has 100 valence electrons. The molecule has 0 spiro atoms. The molecule has 1 N–H and O–H groups in total. The molecular formula is C17H22N2. The summed E-state index contributed by atoms with van der Waals surface area (Å²) in [6.45, 7) is 5.29. The Kier molecular flexibility index (Phi) is 5.10. The predicted molar refractivity (Wildman–Crippen MR) is 80.3 cm³/mol. The number of nitrogens with zero attached hydrogens (tertiary/aromatic N) is 1. The van der Waals surface area contributed by atoms with Gasteiger partial charge < -0.3 is 5.32 Å². The van der Waals surface area contributed by atoms with Gasteiger partial charge in [0.1, 0.15) is 0 Å². The maximum atomic E-state index is 4.07. The van der Waals surface area contributed by atoms with E-state index in [-0.39, 0.29) is 0 Å². The minimum Gasteiger partial charge on any atom is -0.314 e. The van der Waals surface area contributed by atoms with E-state index in [1.54, 1.807) is 0 Å². The van der Waals surface area contributed by atoms with Crippen LogP contribution in [0, 0.1) is 6.92 Å². The van der Waals surface area contributed by atoms with Crippen molar-refractivity contribution in [3.05, 3.63) is 65.5 Å². The van der Waals surface area contributed by atoms with Crippen LogP contribution in [-0.2, 0) is 12.8 Å². The molecule has 0 aliphatic carbocycles. The highest BCUT2D eigenvalue weighted by atomic mass is 14.9. The van der Waals surface area contributed by atoms with Gasteiger partial charge >= 0.3 is 0 Å². The van der Waals surface area contributed by atoms with E-state index in [1.807, 2.05) is 12.4 Å². The Balaban J connectivity index is 2.01. The van der Waals surface area contributed by atoms with E-state index in [2.05, 4.69) is 60.5 Å². The number of benzene rings is 1. The molecule has 0 fully saturated rings. The van der Waals surface area contributed by atoms with Gasteiger partial charge in [0.05, 0.1) is 0 Å². The van der Waals surface area contributed by atoms with Crippen LogP contribution in [0.3, 0.4) is 0 Å². The second kappa shape index (κ2) is 7.05. The standard InChI is InChI=1S/C17H22N2/c1-3-19-17(13-16-8-10-18-11-9-16)12-15-6-4-14(2)5-7-15/h4-11,17,19H,3,12-13H2,1-2H3. The Morgan fingerprint density at radius 3 is 2.11 bits per heavy atom. The Morgan fingerprint density at radius 1 is 0.947 bits per heavy atom. The van der Waals surface area contributed by atoms with Crippen molar-refractivity contribution < 1.29 is 0 Å². The van der Waals surface area contributed by atoms with Gasteiger partial charge in [-0.2, -0.15) is 0 Å². The lowest BCUT2D eigenvalue weighted by atomic mass is 9.99. The highest BCUT2D eigenvalue weighted by Gasteiger charge is 2.09. The van der Waals surface area contributed by atoms with Gasteiger partial charge in [-0.25, -0.2) is 0 Å². The molecule has 2 nitrogen and oxygen atoms in total. The molecule has 1 atom stereocenters. The van der Waals surface area contributed by atoms with Crippen LogP contribution in [-0.4, -0.2) is 17.6 Å². The lowest BCUT2D eigenvalue weighted by molar-refractivity contribution is 0.521. The molecule has 1 aromatic heterocycles. The van der Waals surface area contributed by atoms with Crippen molar-refractivity contribution in [2.75, 3.05) is 6.54 Å². The molecular weight excluding hydrogens is 232 g/mol. The second-order valence-electron chi connectivity index (χ2n) is 5.00. The summed E-state index contributed by atoms with van der Waals surface area (Å²) in [5.74, 6) is 0. The fourth-order valence-corrected chi connectivity index (χ4v) is 2.32. The van der Waals surface area contributed by atoms with E-state index in [4.69, 9.17) is 0 Å². The molecule has 2 rings (SSSR count). The van der Waals surface area contributed by atoms with E-state index in [0.29, 0.717) is 6.04 Å². The van der Waals surface area contributed by atoms with E-state index in [0.717, 1.165) is 19.4 Å². The highest BCUT2D eigenvalue weighted by molar-refractivity contribution is 5.23. The van der Waals surface area contributed by atoms with Crippen molar-refractivity contribution in [3.8, 4) is 0 Å². The summed E-state index contributed by atoms with van der Waals surface area (Å²) >= 11 is 0. The highest BCUT2D eigenvalue weighted by Crippen LogP contribution is 2.10. The zero-order chi connectivity index (χ0) is 13.5. The molecule has 0 radical (unpaired) electrons. The van der Waals surface area contributed by atoms with Crippen molar-refractivity contribution in [1.29, 1.82) is 0 Å². The first-order valence-electron chi connectivity index (χ1n) is 6.95. The van der Waals surface area contributed by atoms with E-state index in [1.165, 1.54) is 16.7 Å². The third-order valence-electron chi connectivity index (χ3n) is 3.33. The van der Waals surface area contributed by atoms with Gasteiger partial charge in [0, 0.05) is 18.4 Å². The number of pyridine rings is 1. The molecule has 0 saturated heterocycles. The lowest BCUT2D eigenvalue weighted by Gasteiger charge is -2.18. The van der Waals surface area contributed by atoms with Crippen molar-refractivity contribution in [2.24, 2.45) is 0 Å². The topological polar surface area (TPSA) is 24.9 Å². The van der Waals surface area contributed by atoms with E-state index < -0.39 is 0 Å². The van der Waals surface area contributed by atoms with Gasteiger partial charge in [0.15, 0.2) is 0 Å². The third-order valence-corrected chi connectivity index (χ3v) is 3.33. The maximum absolute atomic E-state index is 4.07. The van der Waals surface area contributed by atoms with Crippen molar-refractivity contribution >= 4 is 0 Å². The quantitative estimate of drug-likeness (QED) is 0.856. The monoisotopic (exact) mass is 254 g/mol. The summed E-state index contributed by atoms with van der Waals surface area (Å²) in [6.07, 6.45) is 5.84. The number of aryl methyl sites for hydroxylation is 1. The number of hydrogen-bond acceptors (Lipinski definition) is 2. The smallest absolute Gasteiger partial charge is 0.0270 e. The van der Waals surface area contributed by atoms with E-state index >= 15 is 0 Å². The van der Waals surface area contributed by atoms with Crippen LogP contribution in [0.25, 0.3) is 0 Å². The molecule has 0 amide bonds. The number of rotatable bonds is 6. The van der Waals surface area contributed by atoms with Crippen LogP contribution in [0.15, 0.2) is 48.8 Å². The molecule has 1 aromatic carbocycles. The average Bonchev–Trinajstić information content (AvgIpc) is 2.43. The predicted octanol–water partition coefficient (Wildman–Crippen LogP) is 3.15. The molecule has 1 unspecified atom stereocenters. The van der Waals surface area contributed by atoms with Crippen LogP contribution in [0.4, 0.5) is 0 Å². The molecule has 2 heteroatoms. The molecule has 2 aromatic rings. The Hall–Kier alpha value is -1.67. The zero-order valence-electron chi connectivity index (χ0n) is 11.8. The minimum atomic E-state index is 0.482. The largest absolute Gasteiger partial charge is 0.314 e. The van der Waals surface area contributed by atoms with Gasteiger partial charge in [-0.1, -0.05) is 36.8 Å². The molecule has 0 saturated carbocycles. The van der Waals surface area contributed by atoms with Gasteiger partial charge in [-0.05, 0) is 49.6 Å². The molecule has 0 bridgehead atoms. The third kappa shape index (κ3) is 4.49. The summed E-state index contributed by atoms with van der Waals surface area (Å²) in [5, 5.41) is 3.57.